The van der Waals surface area contributed by atoms with E-state index < -0.39 is 5.69 Å². The third-order valence-electron chi connectivity index (χ3n) is 1.47. The fourth-order valence-corrected chi connectivity index (χ4v) is 5.49. The van der Waals surface area contributed by atoms with Crippen molar-refractivity contribution in [3.05, 3.63) is 0 Å². The maximum absolute atomic E-state index is 9.40. The highest BCUT2D eigenvalue weighted by Crippen LogP contribution is 2.60. The Bertz CT molecular complexity index is 179. The van der Waals surface area contributed by atoms with Crippen LogP contribution in [0.25, 0.3) is 0 Å². The monoisotopic (exact) mass is 258 g/mol. The molecule has 0 aromatic carbocycles. The van der Waals surface area contributed by atoms with E-state index in [1.54, 1.807) is 0 Å². The highest BCUT2D eigenvalue weighted by Gasteiger charge is 2.19. The Kier molecular flexibility index (Phi) is 8.59. The van der Waals surface area contributed by atoms with Crippen molar-refractivity contribution in [2.75, 3.05) is 19.0 Å². The Morgan fingerprint density at radius 1 is 1.29 bits per heavy atom. The lowest BCUT2D eigenvalue weighted by atomic mass is 10.3. The molecule has 3 nitrogen and oxygen atoms in total. The predicted molar refractivity (Wildman–Crippen MR) is 66.3 cm³/mol. The number of aliphatic hydroxyl groups is 1. The van der Waals surface area contributed by atoms with E-state index in [1.165, 1.54) is 11.4 Å². The van der Waals surface area contributed by atoms with Gasteiger partial charge < -0.3 is 14.2 Å². The summed E-state index contributed by atoms with van der Waals surface area (Å²) in [5, 5.41) is 9.40. The van der Waals surface area contributed by atoms with Gasteiger partial charge in [-0.3, -0.25) is 0 Å². The highest BCUT2D eigenvalue weighted by molar-refractivity contribution is 8.67. The van der Waals surface area contributed by atoms with Crippen molar-refractivity contribution in [2.24, 2.45) is 0 Å². The molecular weight excluding hydrogens is 239 g/mol. The first-order valence-electron chi connectivity index (χ1n) is 4.79. The molecule has 0 amide bonds. The summed E-state index contributed by atoms with van der Waals surface area (Å²) >= 11 is 6.72. The third-order valence-corrected chi connectivity index (χ3v) is 7.08. The van der Waals surface area contributed by atoms with Crippen LogP contribution in [0.4, 0.5) is 0 Å². The summed E-state index contributed by atoms with van der Waals surface area (Å²) in [6.45, 7) is 6.86. The molecule has 1 unspecified atom stereocenters. The molecule has 0 saturated heterocycles. The molecule has 0 saturated carbocycles. The molecule has 0 bridgehead atoms. The molecule has 0 radical (unpaired) electrons. The minimum Gasteiger partial charge on any atom is -0.392 e. The summed E-state index contributed by atoms with van der Waals surface area (Å²) in [4.78, 5) is 0. The van der Waals surface area contributed by atoms with Crippen molar-refractivity contribution in [3.8, 4) is 0 Å². The summed E-state index contributed by atoms with van der Waals surface area (Å²) in [7, 11) is 0. The van der Waals surface area contributed by atoms with Crippen LogP contribution >= 0.6 is 17.1 Å². The van der Waals surface area contributed by atoms with Crippen LogP contribution < -0.4 is 0 Å². The molecule has 1 atom stereocenters. The number of hydrogen-bond acceptors (Lipinski definition) is 5. The van der Waals surface area contributed by atoms with Crippen LogP contribution in [-0.2, 0) is 20.9 Å². The molecule has 0 aliphatic carbocycles. The standard InChI is InChI=1S/C8H19O3PS2/c1-4-8(9)7-14-12(13,10-5-2)11-6-3/h8-9H,4-7H2,1-3H3. The van der Waals surface area contributed by atoms with Gasteiger partial charge in [0.15, 0.2) is 0 Å². The second-order valence-corrected chi connectivity index (χ2v) is 9.00. The Hall–Kier alpha value is 0.880. The molecule has 1 N–H and O–H groups in total. The molecule has 0 aliphatic rings. The fraction of sp³-hybridized carbons (Fsp3) is 1.00. The zero-order chi connectivity index (χ0) is 11.0. The molecule has 6 heteroatoms. The lowest BCUT2D eigenvalue weighted by Crippen LogP contribution is -2.08. The van der Waals surface area contributed by atoms with E-state index in [2.05, 4.69) is 0 Å². The van der Waals surface area contributed by atoms with E-state index in [9.17, 15) is 5.11 Å². The second-order valence-electron chi connectivity index (χ2n) is 2.64. The number of hydrogen-bond donors (Lipinski definition) is 1. The van der Waals surface area contributed by atoms with Gasteiger partial charge in [0.2, 0.25) is 5.69 Å². The minimum atomic E-state index is -2.20. The highest BCUT2D eigenvalue weighted by atomic mass is 32.9. The zero-order valence-electron chi connectivity index (χ0n) is 8.93. The molecule has 0 rings (SSSR count). The van der Waals surface area contributed by atoms with Gasteiger partial charge in [-0.1, -0.05) is 18.3 Å². The Balaban J connectivity index is 4.02. The lowest BCUT2D eigenvalue weighted by Gasteiger charge is -2.20. The molecule has 0 aromatic rings. The van der Waals surface area contributed by atoms with Gasteiger partial charge >= 0.3 is 0 Å². The Morgan fingerprint density at radius 2 is 1.79 bits per heavy atom. The molecule has 14 heavy (non-hydrogen) atoms. The van der Waals surface area contributed by atoms with Gasteiger partial charge in [-0.15, -0.1) is 0 Å². The maximum atomic E-state index is 9.40. The van der Waals surface area contributed by atoms with Gasteiger partial charge in [0.25, 0.3) is 0 Å². The maximum Gasteiger partial charge on any atom is 0.247 e. The largest absolute Gasteiger partial charge is 0.392 e. The molecule has 0 fully saturated rings. The number of rotatable bonds is 8. The number of aliphatic hydroxyl groups excluding tert-OH is 1. The van der Waals surface area contributed by atoms with Crippen molar-refractivity contribution in [1.82, 2.24) is 0 Å². The fourth-order valence-electron chi connectivity index (χ4n) is 0.723. The van der Waals surface area contributed by atoms with Gasteiger partial charge in [-0.2, -0.15) is 0 Å². The Labute approximate surface area is 95.5 Å². The summed E-state index contributed by atoms with van der Waals surface area (Å²) in [5.74, 6) is 0.591. The molecule has 0 aliphatic heterocycles. The first-order chi connectivity index (χ1) is 6.58. The summed E-state index contributed by atoms with van der Waals surface area (Å²) in [6, 6.07) is 0. The average Bonchev–Trinajstić information content (AvgIpc) is 2.15. The van der Waals surface area contributed by atoms with Crippen LogP contribution in [0.5, 0.6) is 0 Å². The smallest absolute Gasteiger partial charge is 0.247 e. The van der Waals surface area contributed by atoms with Gasteiger partial charge in [-0.25, -0.2) is 0 Å². The molecular formula is C8H19O3PS2. The third kappa shape index (κ3) is 6.38. The summed E-state index contributed by atoms with van der Waals surface area (Å²) < 4.78 is 10.8. The summed E-state index contributed by atoms with van der Waals surface area (Å²) in [5.41, 5.74) is -2.20. The molecule has 0 heterocycles. The first kappa shape index (κ1) is 14.9. The van der Waals surface area contributed by atoms with Crippen molar-refractivity contribution >= 4 is 28.9 Å². The Morgan fingerprint density at radius 3 is 2.14 bits per heavy atom. The van der Waals surface area contributed by atoms with Crippen LogP contribution in [-0.4, -0.2) is 30.2 Å². The zero-order valence-corrected chi connectivity index (χ0v) is 11.5. The van der Waals surface area contributed by atoms with E-state index >= 15 is 0 Å². The van der Waals surface area contributed by atoms with Crippen molar-refractivity contribution < 1.29 is 14.2 Å². The first-order valence-corrected chi connectivity index (χ1v) is 9.02. The van der Waals surface area contributed by atoms with Crippen molar-refractivity contribution in [2.45, 2.75) is 33.3 Å². The SMILES string of the molecule is CCOP(=S)(OCC)SCC(O)CC. The summed E-state index contributed by atoms with van der Waals surface area (Å²) in [6.07, 6.45) is 0.420. The average molecular weight is 258 g/mol. The molecule has 86 valence electrons. The van der Waals surface area contributed by atoms with Crippen LogP contribution in [0, 0.1) is 0 Å². The van der Waals surface area contributed by atoms with Gasteiger partial charge in [0, 0.05) is 5.75 Å². The van der Waals surface area contributed by atoms with Crippen LogP contribution in [0.2, 0.25) is 0 Å². The van der Waals surface area contributed by atoms with Crippen LogP contribution in [0.3, 0.4) is 0 Å². The molecule has 0 spiro atoms. The van der Waals surface area contributed by atoms with E-state index in [0.29, 0.717) is 19.0 Å². The second kappa shape index (κ2) is 8.08. The van der Waals surface area contributed by atoms with E-state index in [1.807, 2.05) is 20.8 Å². The molecule has 0 aromatic heterocycles. The van der Waals surface area contributed by atoms with Crippen LogP contribution in [0.15, 0.2) is 0 Å². The van der Waals surface area contributed by atoms with E-state index in [4.69, 9.17) is 20.9 Å². The topological polar surface area (TPSA) is 38.7 Å². The van der Waals surface area contributed by atoms with E-state index in [0.717, 1.165) is 6.42 Å². The predicted octanol–water partition coefficient (Wildman–Crippen LogP) is 2.79. The van der Waals surface area contributed by atoms with Crippen LogP contribution in [0.1, 0.15) is 27.2 Å². The quantitative estimate of drug-likeness (QED) is 0.678. The van der Waals surface area contributed by atoms with E-state index in [-0.39, 0.29) is 6.10 Å². The minimum absolute atomic E-state index is 0.316. The lowest BCUT2D eigenvalue weighted by molar-refractivity contribution is 0.195. The normalized spacial score (nSPS) is 14.3. The van der Waals surface area contributed by atoms with Gasteiger partial charge in [-0.05, 0) is 32.1 Å². The van der Waals surface area contributed by atoms with Gasteiger partial charge in [0.1, 0.15) is 0 Å². The van der Waals surface area contributed by atoms with Crippen molar-refractivity contribution in [3.63, 3.8) is 0 Å². The van der Waals surface area contributed by atoms with Crippen molar-refractivity contribution in [1.29, 1.82) is 0 Å². The van der Waals surface area contributed by atoms with Gasteiger partial charge in [0.05, 0.1) is 19.3 Å².